The molecule has 0 aromatic heterocycles. The van der Waals surface area contributed by atoms with Gasteiger partial charge in [-0.3, -0.25) is 4.79 Å². The summed E-state index contributed by atoms with van der Waals surface area (Å²) >= 11 is 5.71. The number of carbonyl (C=O) groups is 1. The first-order valence-corrected chi connectivity index (χ1v) is 4.18. The molecule has 0 fully saturated rings. The predicted molar refractivity (Wildman–Crippen MR) is 47.7 cm³/mol. The smallest absolute Gasteiger partial charge is 0.200 e. The summed E-state index contributed by atoms with van der Waals surface area (Å²) in [7, 11) is 0. The van der Waals surface area contributed by atoms with Gasteiger partial charge in [0.05, 0.1) is 5.03 Å². The first-order valence-electron chi connectivity index (χ1n) is 3.80. The van der Waals surface area contributed by atoms with E-state index in [-0.39, 0.29) is 11.8 Å². The number of allylic oxidation sites excluding steroid dienone is 3. The van der Waals surface area contributed by atoms with Crippen molar-refractivity contribution in [2.24, 2.45) is 0 Å². The molecule has 1 aliphatic heterocycles. The van der Waals surface area contributed by atoms with Gasteiger partial charge in [-0.1, -0.05) is 23.8 Å². The third kappa shape index (κ3) is 1.08. The number of nitrogens with one attached hydrogen (secondary N) is 1. The Hall–Kier alpha value is -1.02. The molecular formula is C9H8ClNO. The number of Topliss-reactive ketones (excluding diaryl/α,β-unsaturated/α-hetero) is 1. The monoisotopic (exact) mass is 181 g/mol. The minimum Gasteiger partial charge on any atom is -0.378 e. The number of halogens is 1. The maximum Gasteiger partial charge on any atom is 0.200 e. The molecule has 0 radical (unpaired) electrons. The second-order valence-corrected chi connectivity index (χ2v) is 3.23. The standard InChI is InChI=1S/C9H8ClNO/c10-7-4-3-6-2-1-5-11-8(6)9(7)12/h1-2,4-5,8,11H,3H2. The molecule has 1 unspecified atom stereocenters. The lowest BCUT2D eigenvalue weighted by Gasteiger charge is -2.24. The van der Waals surface area contributed by atoms with Gasteiger partial charge in [0, 0.05) is 0 Å². The summed E-state index contributed by atoms with van der Waals surface area (Å²) in [5.74, 6) is -0.0292. The molecule has 0 saturated carbocycles. The third-order valence-corrected chi connectivity index (χ3v) is 2.40. The van der Waals surface area contributed by atoms with Crippen LogP contribution in [0.5, 0.6) is 0 Å². The van der Waals surface area contributed by atoms with Crippen LogP contribution in [0.2, 0.25) is 0 Å². The van der Waals surface area contributed by atoms with E-state index < -0.39 is 0 Å². The largest absolute Gasteiger partial charge is 0.378 e. The van der Waals surface area contributed by atoms with Crippen LogP contribution < -0.4 is 5.32 Å². The van der Waals surface area contributed by atoms with Gasteiger partial charge in [0.25, 0.3) is 0 Å². The molecule has 2 rings (SSSR count). The first kappa shape index (κ1) is 7.62. The number of hydrogen-bond donors (Lipinski definition) is 1. The Morgan fingerprint density at radius 1 is 1.58 bits per heavy atom. The summed E-state index contributed by atoms with van der Waals surface area (Å²) in [5, 5.41) is 3.32. The number of ketones is 1. The summed E-state index contributed by atoms with van der Waals surface area (Å²) < 4.78 is 0. The molecule has 62 valence electrons. The van der Waals surface area contributed by atoms with Crippen LogP contribution in [0.3, 0.4) is 0 Å². The highest BCUT2D eigenvalue weighted by atomic mass is 35.5. The molecule has 0 bridgehead atoms. The Balaban J connectivity index is 2.36. The van der Waals surface area contributed by atoms with Crippen LogP contribution in [-0.4, -0.2) is 11.8 Å². The van der Waals surface area contributed by atoms with E-state index in [0.717, 1.165) is 12.0 Å². The number of fused-ring (bicyclic) bond motifs is 1. The number of hydrogen-bond acceptors (Lipinski definition) is 2. The highest BCUT2D eigenvalue weighted by Gasteiger charge is 2.27. The van der Waals surface area contributed by atoms with E-state index in [1.54, 1.807) is 12.3 Å². The van der Waals surface area contributed by atoms with Crippen LogP contribution >= 0.6 is 11.6 Å². The SMILES string of the molecule is O=C1C(Cl)=CCC2=CC=CNC12. The Kier molecular flexibility index (Phi) is 1.77. The molecular weight excluding hydrogens is 174 g/mol. The van der Waals surface area contributed by atoms with Crippen LogP contribution in [-0.2, 0) is 4.79 Å². The summed E-state index contributed by atoms with van der Waals surface area (Å²) in [6.07, 6.45) is 8.15. The van der Waals surface area contributed by atoms with Crippen molar-refractivity contribution in [2.45, 2.75) is 12.5 Å². The fourth-order valence-corrected chi connectivity index (χ4v) is 1.59. The molecule has 1 N–H and O–H groups in total. The van der Waals surface area contributed by atoms with Crippen molar-refractivity contribution in [1.29, 1.82) is 0 Å². The van der Waals surface area contributed by atoms with Crippen molar-refractivity contribution in [3.63, 3.8) is 0 Å². The zero-order chi connectivity index (χ0) is 8.55. The van der Waals surface area contributed by atoms with Gasteiger partial charge in [-0.15, -0.1) is 0 Å². The minimum absolute atomic E-state index is 0.0292. The lowest BCUT2D eigenvalue weighted by Crippen LogP contribution is -2.38. The quantitative estimate of drug-likeness (QED) is 0.614. The molecule has 0 aromatic carbocycles. The van der Waals surface area contributed by atoms with E-state index in [2.05, 4.69) is 5.32 Å². The molecule has 2 aliphatic rings. The molecule has 0 saturated heterocycles. The highest BCUT2D eigenvalue weighted by Crippen LogP contribution is 2.24. The van der Waals surface area contributed by atoms with Crippen molar-refractivity contribution in [1.82, 2.24) is 5.32 Å². The zero-order valence-corrected chi connectivity index (χ0v) is 7.14. The molecule has 2 nitrogen and oxygen atoms in total. The van der Waals surface area contributed by atoms with Crippen LogP contribution in [0, 0.1) is 0 Å². The molecule has 1 aliphatic carbocycles. The van der Waals surface area contributed by atoms with Crippen LogP contribution in [0.15, 0.2) is 35.0 Å². The van der Waals surface area contributed by atoms with Crippen molar-refractivity contribution >= 4 is 17.4 Å². The maximum absolute atomic E-state index is 11.4. The fraction of sp³-hybridized carbons (Fsp3) is 0.222. The summed E-state index contributed by atoms with van der Waals surface area (Å²) in [6.45, 7) is 0. The Bertz CT molecular complexity index is 314. The van der Waals surface area contributed by atoms with Gasteiger partial charge in [-0.25, -0.2) is 0 Å². The summed E-state index contributed by atoms with van der Waals surface area (Å²) in [4.78, 5) is 11.4. The van der Waals surface area contributed by atoms with E-state index in [0.29, 0.717) is 5.03 Å². The van der Waals surface area contributed by atoms with Crippen LogP contribution in [0.1, 0.15) is 6.42 Å². The normalized spacial score (nSPS) is 27.1. The number of dihydropyridines is 1. The van der Waals surface area contributed by atoms with Gasteiger partial charge in [-0.05, 0) is 24.3 Å². The second-order valence-electron chi connectivity index (χ2n) is 2.82. The van der Waals surface area contributed by atoms with Gasteiger partial charge in [-0.2, -0.15) is 0 Å². The van der Waals surface area contributed by atoms with Gasteiger partial charge in [0.2, 0.25) is 0 Å². The molecule has 1 atom stereocenters. The second kappa shape index (κ2) is 2.79. The average molecular weight is 182 g/mol. The van der Waals surface area contributed by atoms with Gasteiger partial charge >= 0.3 is 0 Å². The Morgan fingerprint density at radius 2 is 2.42 bits per heavy atom. The van der Waals surface area contributed by atoms with Crippen LogP contribution in [0.25, 0.3) is 0 Å². The van der Waals surface area contributed by atoms with E-state index >= 15 is 0 Å². The van der Waals surface area contributed by atoms with E-state index in [1.165, 1.54) is 0 Å². The molecule has 3 heteroatoms. The van der Waals surface area contributed by atoms with Gasteiger partial charge in [0.1, 0.15) is 6.04 Å². The molecule has 0 aromatic rings. The molecule has 12 heavy (non-hydrogen) atoms. The fourth-order valence-electron chi connectivity index (χ4n) is 1.40. The van der Waals surface area contributed by atoms with E-state index in [9.17, 15) is 4.79 Å². The van der Waals surface area contributed by atoms with Crippen LogP contribution in [0.4, 0.5) is 0 Å². The summed E-state index contributed by atoms with van der Waals surface area (Å²) in [5.41, 5.74) is 1.09. The highest BCUT2D eigenvalue weighted by molar-refractivity contribution is 6.43. The Labute approximate surface area is 75.6 Å². The molecule has 0 spiro atoms. The Morgan fingerprint density at radius 3 is 3.25 bits per heavy atom. The third-order valence-electron chi connectivity index (χ3n) is 2.05. The number of rotatable bonds is 0. The first-order chi connectivity index (χ1) is 5.79. The summed E-state index contributed by atoms with van der Waals surface area (Å²) in [6, 6.07) is -0.215. The van der Waals surface area contributed by atoms with Crippen molar-refractivity contribution in [3.8, 4) is 0 Å². The lowest BCUT2D eigenvalue weighted by molar-refractivity contribution is -0.116. The topological polar surface area (TPSA) is 29.1 Å². The lowest BCUT2D eigenvalue weighted by atomic mass is 9.92. The molecule has 0 amide bonds. The van der Waals surface area contributed by atoms with E-state index in [4.69, 9.17) is 11.6 Å². The molecule has 1 heterocycles. The number of carbonyl (C=O) groups excluding carboxylic acids is 1. The van der Waals surface area contributed by atoms with E-state index in [1.807, 2.05) is 12.2 Å². The van der Waals surface area contributed by atoms with Crippen molar-refractivity contribution < 1.29 is 4.79 Å². The minimum atomic E-state index is -0.215. The average Bonchev–Trinajstić information content (AvgIpc) is 2.12. The zero-order valence-electron chi connectivity index (χ0n) is 6.38. The van der Waals surface area contributed by atoms with Gasteiger partial charge in [0.15, 0.2) is 5.78 Å². The van der Waals surface area contributed by atoms with Gasteiger partial charge < -0.3 is 5.32 Å². The maximum atomic E-state index is 11.4. The van der Waals surface area contributed by atoms with Crippen molar-refractivity contribution in [2.75, 3.05) is 0 Å². The van der Waals surface area contributed by atoms with Crippen molar-refractivity contribution in [3.05, 3.63) is 35.0 Å². The predicted octanol–water partition coefficient (Wildman–Crippen LogP) is 1.49.